The molecule has 3 aromatic rings. The number of methoxy groups -OCH3 is 1. The number of hydrogen-bond acceptors (Lipinski definition) is 5. The largest absolute Gasteiger partial charge is 0.481 e. The van der Waals surface area contributed by atoms with Gasteiger partial charge in [-0.25, -0.2) is 4.98 Å². The first kappa shape index (κ1) is 15.0. The highest BCUT2D eigenvalue weighted by Gasteiger charge is 2.16. The lowest BCUT2D eigenvalue weighted by molar-refractivity contribution is 0.398. The summed E-state index contributed by atoms with van der Waals surface area (Å²) in [4.78, 5) is 9.07. The standard InChI is InChI=1S/C19H21N3O2/c1-23-18-9-5-8-15(21-18)13-10-11-17-16(12-13)22-19(24-17)20-14-6-3-2-4-7-14/h5,8-12,14H,2-4,6-7H2,1H3,(H,20,22). The molecule has 0 spiro atoms. The molecule has 2 heterocycles. The molecule has 2 aromatic heterocycles. The lowest BCUT2D eigenvalue weighted by atomic mass is 9.96. The molecule has 0 bridgehead atoms. The minimum absolute atomic E-state index is 0.478. The van der Waals surface area contributed by atoms with E-state index in [0.717, 1.165) is 22.4 Å². The molecule has 1 aliphatic carbocycles. The molecule has 1 aliphatic rings. The maximum Gasteiger partial charge on any atom is 0.295 e. The number of nitrogens with one attached hydrogen (secondary N) is 1. The van der Waals surface area contributed by atoms with Crippen molar-refractivity contribution in [3.8, 4) is 17.1 Å². The van der Waals surface area contributed by atoms with Gasteiger partial charge < -0.3 is 14.5 Å². The van der Waals surface area contributed by atoms with E-state index in [-0.39, 0.29) is 0 Å². The molecule has 0 saturated heterocycles. The minimum atomic E-state index is 0.478. The molecule has 0 unspecified atom stereocenters. The summed E-state index contributed by atoms with van der Waals surface area (Å²) in [5, 5.41) is 3.43. The number of rotatable bonds is 4. The second kappa shape index (κ2) is 6.51. The third kappa shape index (κ3) is 3.07. The maximum atomic E-state index is 5.84. The topological polar surface area (TPSA) is 60.2 Å². The van der Waals surface area contributed by atoms with E-state index in [1.165, 1.54) is 32.1 Å². The average molecular weight is 323 g/mol. The first-order valence-corrected chi connectivity index (χ1v) is 8.50. The van der Waals surface area contributed by atoms with Gasteiger partial charge in [0.1, 0.15) is 5.52 Å². The molecule has 1 saturated carbocycles. The van der Waals surface area contributed by atoms with E-state index in [2.05, 4.69) is 15.3 Å². The Morgan fingerprint density at radius 2 is 1.96 bits per heavy atom. The first-order chi connectivity index (χ1) is 11.8. The normalized spacial score (nSPS) is 15.5. The summed E-state index contributed by atoms with van der Waals surface area (Å²) in [7, 11) is 1.62. The van der Waals surface area contributed by atoms with E-state index in [0.29, 0.717) is 17.9 Å². The number of nitrogens with zero attached hydrogens (tertiary/aromatic N) is 2. The van der Waals surface area contributed by atoms with Crippen LogP contribution in [0.3, 0.4) is 0 Å². The van der Waals surface area contributed by atoms with Crippen LogP contribution in [0.2, 0.25) is 0 Å². The van der Waals surface area contributed by atoms with Gasteiger partial charge in [0, 0.05) is 17.7 Å². The highest BCUT2D eigenvalue weighted by Crippen LogP contribution is 2.28. The second-order valence-corrected chi connectivity index (χ2v) is 6.25. The zero-order valence-electron chi connectivity index (χ0n) is 13.8. The van der Waals surface area contributed by atoms with Crippen molar-refractivity contribution < 1.29 is 9.15 Å². The highest BCUT2D eigenvalue weighted by molar-refractivity contribution is 5.80. The van der Waals surface area contributed by atoms with Crippen molar-refractivity contribution in [1.82, 2.24) is 9.97 Å². The number of ether oxygens (including phenoxy) is 1. The van der Waals surface area contributed by atoms with Crippen molar-refractivity contribution in [2.75, 3.05) is 12.4 Å². The molecule has 124 valence electrons. The van der Waals surface area contributed by atoms with Gasteiger partial charge in [-0.05, 0) is 37.1 Å². The first-order valence-electron chi connectivity index (χ1n) is 8.50. The Labute approximate surface area is 141 Å². The molecular formula is C19H21N3O2. The van der Waals surface area contributed by atoms with Crippen LogP contribution in [0.1, 0.15) is 32.1 Å². The van der Waals surface area contributed by atoms with Gasteiger partial charge in [-0.3, -0.25) is 0 Å². The fourth-order valence-electron chi connectivity index (χ4n) is 3.26. The van der Waals surface area contributed by atoms with Gasteiger partial charge in [-0.1, -0.05) is 25.3 Å². The summed E-state index contributed by atoms with van der Waals surface area (Å²) in [5.74, 6) is 0.604. The molecule has 0 amide bonds. The Bertz CT molecular complexity index is 837. The van der Waals surface area contributed by atoms with Gasteiger partial charge in [-0.15, -0.1) is 0 Å². The fraction of sp³-hybridized carbons (Fsp3) is 0.368. The number of benzene rings is 1. The van der Waals surface area contributed by atoms with Gasteiger partial charge >= 0.3 is 0 Å². The number of oxazole rings is 1. The third-order valence-corrected chi connectivity index (χ3v) is 4.55. The van der Waals surface area contributed by atoms with Crippen molar-refractivity contribution in [1.29, 1.82) is 0 Å². The highest BCUT2D eigenvalue weighted by atomic mass is 16.5. The molecule has 5 nitrogen and oxygen atoms in total. The number of anilines is 1. The molecule has 0 radical (unpaired) electrons. The van der Waals surface area contributed by atoms with Gasteiger partial charge in [-0.2, -0.15) is 4.98 Å². The zero-order valence-corrected chi connectivity index (χ0v) is 13.8. The Morgan fingerprint density at radius 3 is 2.79 bits per heavy atom. The summed E-state index contributed by atoms with van der Waals surface area (Å²) in [6.45, 7) is 0. The zero-order chi connectivity index (χ0) is 16.4. The van der Waals surface area contributed by atoms with E-state index in [1.54, 1.807) is 7.11 Å². The number of fused-ring (bicyclic) bond motifs is 1. The SMILES string of the molecule is COc1cccc(-c2ccc3oc(NC4CCCCC4)nc3c2)n1. The predicted octanol–water partition coefficient (Wildman–Crippen LogP) is 4.64. The summed E-state index contributed by atoms with van der Waals surface area (Å²) < 4.78 is 11.0. The van der Waals surface area contributed by atoms with Crippen molar-refractivity contribution in [3.05, 3.63) is 36.4 Å². The molecular weight excluding hydrogens is 302 g/mol. The number of pyridine rings is 1. The Hall–Kier alpha value is -2.56. The lowest BCUT2D eigenvalue weighted by Crippen LogP contribution is -2.22. The van der Waals surface area contributed by atoms with Crippen molar-refractivity contribution in [2.24, 2.45) is 0 Å². The quantitative estimate of drug-likeness (QED) is 0.757. The average Bonchev–Trinajstić information content (AvgIpc) is 3.04. The van der Waals surface area contributed by atoms with Crippen molar-refractivity contribution in [3.63, 3.8) is 0 Å². The Balaban J connectivity index is 1.60. The lowest BCUT2D eigenvalue weighted by Gasteiger charge is -2.21. The van der Waals surface area contributed by atoms with Crippen LogP contribution < -0.4 is 10.1 Å². The van der Waals surface area contributed by atoms with E-state index in [9.17, 15) is 0 Å². The maximum absolute atomic E-state index is 5.84. The second-order valence-electron chi connectivity index (χ2n) is 6.25. The minimum Gasteiger partial charge on any atom is -0.481 e. The van der Waals surface area contributed by atoms with Crippen LogP contribution in [-0.4, -0.2) is 23.1 Å². The molecule has 0 aliphatic heterocycles. The molecule has 1 fully saturated rings. The van der Waals surface area contributed by atoms with Gasteiger partial charge in [0.05, 0.1) is 12.8 Å². The molecule has 4 rings (SSSR count). The fourth-order valence-corrected chi connectivity index (χ4v) is 3.26. The van der Waals surface area contributed by atoms with Crippen molar-refractivity contribution >= 4 is 17.1 Å². The van der Waals surface area contributed by atoms with Gasteiger partial charge in [0.15, 0.2) is 5.58 Å². The third-order valence-electron chi connectivity index (χ3n) is 4.55. The van der Waals surface area contributed by atoms with E-state index in [4.69, 9.17) is 9.15 Å². The summed E-state index contributed by atoms with van der Waals surface area (Å²) >= 11 is 0. The number of hydrogen-bond donors (Lipinski definition) is 1. The Morgan fingerprint density at radius 1 is 1.08 bits per heavy atom. The van der Waals surface area contributed by atoms with Crippen molar-refractivity contribution in [2.45, 2.75) is 38.1 Å². The van der Waals surface area contributed by atoms with Crippen LogP contribution in [0.15, 0.2) is 40.8 Å². The summed E-state index contributed by atoms with van der Waals surface area (Å²) in [5.41, 5.74) is 3.50. The molecule has 0 atom stereocenters. The summed E-state index contributed by atoms with van der Waals surface area (Å²) in [6, 6.07) is 12.8. The smallest absolute Gasteiger partial charge is 0.295 e. The molecule has 24 heavy (non-hydrogen) atoms. The van der Waals surface area contributed by atoms with Crippen LogP contribution in [0, 0.1) is 0 Å². The monoisotopic (exact) mass is 323 g/mol. The van der Waals surface area contributed by atoms with Crippen LogP contribution in [0.4, 0.5) is 6.01 Å². The van der Waals surface area contributed by atoms with Crippen LogP contribution >= 0.6 is 0 Å². The molecule has 1 aromatic carbocycles. The van der Waals surface area contributed by atoms with Crippen LogP contribution in [0.25, 0.3) is 22.4 Å². The van der Waals surface area contributed by atoms with Crippen LogP contribution in [0.5, 0.6) is 5.88 Å². The van der Waals surface area contributed by atoms with Crippen LogP contribution in [-0.2, 0) is 0 Å². The van der Waals surface area contributed by atoms with E-state index in [1.807, 2.05) is 36.4 Å². The van der Waals surface area contributed by atoms with Gasteiger partial charge in [0.25, 0.3) is 6.01 Å². The summed E-state index contributed by atoms with van der Waals surface area (Å²) in [6.07, 6.45) is 6.28. The molecule has 5 heteroatoms. The number of aromatic nitrogens is 2. The Kier molecular flexibility index (Phi) is 4.07. The van der Waals surface area contributed by atoms with E-state index >= 15 is 0 Å². The predicted molar refractivity (Wildman–Crippen MR) is 94.3 cm³/mol. The van der Waals surface area contributed by atoms with Gasteiger partial charge in [0.2, 0.25) is 5.88 Å². The molecule has 1 N–H and O–H groups in total. The van der Waals surface area contributed by atoms with E-state index < -0.39 is 0 Å².